The molecule has 2 unspecified atom stereocenters. The summed E-state index contributed by atoms with van der Waals surface area (Å²) in [5.41, 5.74) is 3.22. The highest BCUT2D eigenvalue weighted by Gasteiger charge is 2.34. The van der Waals surface area contributed by atoms with Gasteiger partial charge in [0, 0.05) is 11.8 Å². The van der Waals surface area contributed by atoms with E-state index in [1.165, 1.54) is 11.8 Å². The average Bonchev–Trinajstić information content (AvgIpc) is 3.14. The minimum Gasteiger partial charge on any atom is -0.493 e. The molecule has 1 fully saturated rings. The van der Waals surface area contributed by atoms with Crippen molar-refractivity contribution in [2.24, 2.45) is 0 Å². The molecule has 0 bridgehead atoms. The van der Waals surface area contributed by atoms with E-state index in [4.69, 9.17) is 9.47 Å². The number of amides is 1. The molecule has 1 amide bonds. The van der Waals surface area contributed by atoms with Gasteiger partial charge in [-0.1, -0.05) is 30.3 Å². The van der Waals surface area contributed by atoms with Crippen LogP contribution in [0.5, 0.6) is 11.5 Å². The van der Waals surface area contributed by atoms with Crippen LogP contribution in [-0.4, -0.2) is 62.5 Å². The number of benzene rings is 2. The van der Waals surface area contributed by atoms with Gasteiger partial charge in [-0.05, 0) is 41.7 Å². The lowest BCUT2D eigenvalue weighted by atomic mass is 9.87. The number of methoxy groups -OCH3 is 2. The summed E-state index contributed by atoms with van der Waals surface area (Å²) in [5.74, 6) is 2.04. The molecule has 2 aromatic carbocycles. The van der Waals surface area contributed by atoms with Crippen molar-refractivity contribution in [2.75, 3.05) is 38.0 Å². The maximum absolute atomic E-state index is 13.3. The quantitative estimate of drug-likeness (QED) is 0.658. The Hall–Kier alpha value is -2.19. The lowest BCUT2D eigenvalue weighted by Crippen LogP contribution is -2.41. The third-order valence-corrected chi connectivity index (χ3v) is 9.21. The molecule has 4 rings (SSSR count). The molecule has 0 N–H and O–H groups in total. The van der Waals surface area contributed by atoms with Gasteiger partial charge in [0.15, 0.2) is 21.3 Å². The number of fused-ring (bicyclic) bond motifs is 1. The number of thioether (sulfide) groups is 1. The number of sulfone groups is 1. The first kappa shape index (κ1) is 22.0. The van der Waals surface area contributed by atoms with Crippen LogP contribution in [-0.2, 0) is 21.1 Å². The molecule has 0 radical (unpaired) electrons. The predicted molar refractivity (Wildman–Crippen MR) is 123 cm³/mol. The van der Waals surface area contributed by atoms with Crippen molar-refractivity contribution < 1.29 is 22.7 Å². The number of rotatable bonds is 6. The van der Waals surface area contributed by atoms with Gasteiger partial charge < -0.3 is 14.4 Å². The summed E-state index contributed by atoms with van der Waals surface area (Å²) in [4.78, 5) is 15.2. The summed E-state index contributed by atoms with van der Waals surface area (Å²) in [6.07, 6.45) is 1.36. The average molecular weight is 462 g/mol. The van der Waals surface area contributed by atoms with Gasteiger partial charge in [-0.2, -0.15) is 0 Å². The zero-order valence-corrected chi connectivity index (χ0v) is 19.4. The summed E-state index contributed by atoms with van der Waals surface area (Å²) in [5, 5.41) is 0.00515. The second kappa shape index (κ2) is 9.12. The highest BCUT2D eigenvalue weighted by Crippen LogP contribution is 2.41. The number of carbonyl (C=O) groups is 1. The topological polar surface area (TPSA) is 72.9 Å². The van der Waals surface area contributed by atoms with Crippen molar-refractivity contribution in [1.29, 1.82) is 0 Å². The number of hydrogen-bond acceptors (Lipinski definition) is 6. The predicted octanol–water partition coefficient (Wildman–Crippen LogP) is 3.10. The van der Waals surface area contributed by atoms with E-state index in [9.17, 15) is 13.2 Å². The maximum Gasteiger partial charge on any atom is 0.233 e. The third kappa shape index (κ3) is 4.70. The normalized spacial score (nSPS) is 22.1. The molecule has 1 saturated heterocycles. The minimum atomic E-state index is -2.95. The van der Waals surface area contributed by atoms with E-state index in [1.54, 1.807) is 14.2 Å². The minimum absolute atomic E-state index is 0.00515. The standard InChI is InChI=1S/C23H27NO5S2/c1-28-20-12-17-8-10-24(22(25)14-30-18-9-11-31(26,27)15-18)23(16-6-4-3-5-7-16)19(17)13-21(20)29-2/h3-7,12-13,18,23H,8-11,14-15H2,1-2H3. The molecule has 8 heteroatoms. The third-order valence-electron chi connectivity index (χ3n) is 5.94. The largest absolute Gasteiger partial charge is 0.493 e. The van der Waals surface area contributed by atoms with E-state index >= 15 is 0 Å². The monoisotopic (exact) mass is 461 g/mol. The van der Waals surface area contributed by atoms with Crippen LogP contribution in [0.3, 0.4) is 0 Å². The van der Waals surface area contributed by atoms with E-state index in [0.29, 0.717) is 24.5 Å². The number of ether oxygens (including phenoxy) is 2. The Morgan fingerprint density at radius 2 is 1.84 bits per heavy atom. The first-order valence-electron chi connectivity index (χ1n) is 10.3. The van der Waals surface area contributed by atoms with Crippen LogP contribution in [0.15, 0.2) is 42.5 Å². The molecular weight excluding hydrogens is 434 g/mol. The molecule has 0 aliphatic carbocycles. The molecule has 0 spiro atoms. The van der Waals surface area contributed by atoms with Gasteiger partial charge >= 0.3 is 0 Å². The van der Waals surface area contributed by atoms with Crippen molar-refractivity contribution in [2.45, 2.75) is 24.1 Å². The first-order valence-corrected chi connectivity index (χ1v) is 13.2. The second-order valence-electron chi connectivity index (χ2n) is 7.89. The Balaban J connectivity index is 1.62. The number of carbonyl (C=O) groups excluding carboxylic acids is 1. The van der Waals surface area contributed by atoms with Crippen molar-refractivity contribution in [3.63, 3.8) is 0 Å². The lowest BCUT2D eigenvalue weighted by Gasteiger charge is -2.38. The smallest absolute Gasteiger partial charge is 0.233 e. The second-order valence-corrected chi connectivity index (χ2v) is 11.4. The Bertz CT molecular complexity index is 1060. The van der Waals surface area contributed by atoms with Crippen LogP contribution in [0.2, 0.25) is 0 Å². The summed E-state index contributed by atoms with van der Waals surface area (Å²) in [6, 6.07) is 13.7. The lowest BCUT2D eigenvalue weighted by molar-refractivity contribution is -0.130. The van der Waals surface area contributed by atoms with Gasteiger partial charge in [0.2, 0.25) is 5.91 Å². The summed E-state index contributed by atoms with van der Waals surface area (Å²) in [7, 11) is 0.286. The highest BCUT2D eigenvalue weighted by molar-refractivity contribution is 8.02. The Labute approximate surface area is 187 Å². The highest BCUT2D eigenvalue weighted by atomic mass is 32.2. The summed E-state index contributed by atoms with van der Waals surface area (Å²) < 4.78 is 34.5. The first-order chi connectivity index (χ1) is 14.9. The van der Waals surface area contributed by atoms with E-state index in [1.807, 2.05) is 47.4 Å². The van der Waals surface area contributed by atoms with E-state index in [-0.39, 0.29) is 34.5 Å². The van der Waals surface area contributed by atoms with E-state index < -0.39 is 9.84 Å². The molecule has 2 heterocycles. The van der Waals surface area contributed by atoms with Gasteiger partial charge in [0.25, 0.3) is 0 Å². The summed E-state index contributed by atoms with van der Waals surface area (Å²) in [6.45, 7) is 0.602. The molecular formula is C23H27NO5S2. The molecule has 166 valence electrons. The Kier molecular flexibility index (Phi) is 6.48. The van der Waals surface area contributed by atoms with Crippen LogP contribution < -0.4 is 9.47 Å². The number of hydrogen-bond donors (Lipinski definition) is 0. The van der Waals surface area contributed by atoms with Gasteiger partial charge in [-0.25, -0.2) is 8.42 Å². The Morgan fingerprint density at radius 3 is 2.48 bits per heavy atom. The van der Waals surface area contributed by atoms with Crippen molar-refractivity contribution >= 4 is 27.5 Å². The van der Waals surface area contributed by atoms with Crippen molar-refractivity contribution in [3.05, 3.63) is 59.2 Å². The molecule has 2 aromatic rings. The van der Waals surface area contributed by atoms with E-state index in [2.05, 4.69) is 0 Å². The van der Waals surface area contributed by atoms with Gasteiger partial charge in [0.05, 0.1) is 37.5 Å². The van der Waals surface area contributed by atoms with Gasteiger partial charge in [0.1, 0.15) is 0 Å². The van der Waals surface area contributed by atoms with Crippen LogP contribution in [0.1, 0.15) is 29.2 Å². The summed E-state index contributed by atoms with van der Waals surface area (Å²) >= 11 is 1.47. The Morgan fingerprint density at radius 1 is 1.13 bits per heavy atom. The molecule has 6 nitrogen and oxygen atoms in total. The number of nitrogens with zero attached hydrogens (tertiary/aromatic N) is 1. The molecule has 2 atom stereocenters. The molecule has 0 aromatic heterocycles. The molecule has 2 aliphatic heterocycles. The van der Waals surface area contributed by atoms with Crippen LogP contribution in [0.25, 0.3) is 0 Å². The van der Waals surface area contributed by atoms with Crippen LogP contribution in [0, 0.1) is 0 Å². The van der Waals surface area contributed by atoms with Crippen LogP contribution >= 0.6 is 11.8 Å². The SMILES string of the molecule is COc1cc2c(cc1OC)C(c1ccccc1)N(C(=O)CSC1CCS(=O)(=O)C1)CC2. The van der Waals surface area contributed by atoms with Crippen LogP contribution in [0.4, 0.5) is 0 Å². The van der Waals surface area contributed by atoms with Crippen molar-refractivity contribution in [3.8, 4) is 11.5 Å². The fraction of sp³-hybridized carbons (Fsp3) is 0.435. The maximum atomic E-state index is 13.3. The zero-order chi connectivity index (χ0) is 22.0. The fourth-order valence-electron chi connectivity index (χ4n) is 4.37. The van der Waals surface area contributed by atoms with Crippen molar-refractivity contribution in [1.82, 2.24) is 4.90 Å². The van der Waals surface area contributed by atoms with Gasteiger partial charge in [-0.3, -0.25) is 4.79 Å². The molecule has 31 heavy (non-hydrogen) atoms. The molecule has 2 aliphatic rings. The fourth-order valence-corrected chi connectivity index (χ4v) is 7.90. The molecule has 0 saturated carbocycles. The zero-order valence-electron chi connectivity index (χ0n) is 17.7. The van der Waals surface area contributed by atoms with Gasteiger partial charge in [-0.15, -0.1) is 11.8 Å². The van der Waals surface area contributed by atoms with E-state index in [0.717, 1.165) is 23.1 Å².